The topological polar surface area (TPSA) is 413 Å². The Labute approximate surface area is 583 Å². The van der Waals surface area contributed by atoms with Gasteiger partial charge in [0.05, 0.1) is 25.9 Å². The number of ether oxygens (including phenoxy) is 2. The Morgan fingerprint density at radius 3 is 1.96 bits per heavy atom. The SMILES string of the molecule is CCCCCCCCCCCCCCCCCC(=O)NCCOCCOCC(=O)N[C@@H](CCCC)C(=O)N[C@H]1CCC(=O)NCCCC[C@@H](C(N)=O)NC(=O)[C@H](Cc2c[nH]c3ccccc23)NC(=O)[C@H](CCCNC(=N)N)NC(=O)[C@@H](Cc2ccccc2)NC(=O)C2C[C@@H](O)CN2C1=O. The molecule has 0 spiro atoms. The zero-order chi connectivity index (χ0) is 71.6. The molecular formula is C72H114N14O13. The van der Waals surface area contributed by atoms with Crippen LogP contribution in [0, 0.1) is 5.41 Å². The van der Waals surface area contributed by atoms with Crippen molar-refractivity contribution in [2.45, 2.75) is 248 Å². The molecule has 1 unspecified atom stereocenters. The molecule has 2 saturated heterocycles. The lowest BCUT2D eigenvalue weighted by Gasteiger charge is -2.31. The number of aliphatic hydroxyl groups excluding tert-OH is 1. The maximum Gasteiger partial charge on any atom is 0.246 e. The lowest BCUT2D eigenvalue weighted by Crippen LogP contribution is -2.60. The minimum Gasteiger partial charge on any atom is -0.391 e. The number of hydrogen-bond donors (Lipinski definition) is 14. The van der Waals surface area contributed by atoms with Gasteiger partial charge < -0.3 is 83.8 Å². The van der Waals surface area contributed by atoms with E-state index < -0.39 is 108 Å². The first-order valence-electron chi connectivity index (χ1n) is 36.3. The Morgan fingerprint density at radius 2 is 1.27 bits per heavy atom. The summed E-state index contributed by atoms with van der Waals surface area (Å²) in [6.07, 6.45) is 20.7. The van der Waals surface area contributed by atoms with E-state index in [0.717, 1.165) is 35.1 Å². The highest BCUT2D eigenvalue weighted by Crippen LogP contribution is 2.23. The van der Waals surface area contributed by atoms with E-state index >= 15 is 0 Å². The number of amides is 10. The van der Waals surface area contributed by atoms with Crippen molar-refractivity contribution in [2.75, 3.05) is 52.6 Å². The highest BCUT2D eigenvalue weighted by atomic mass is 16.5. The number of fused-ring (bicyclic) bond motifs is 2. The van der Waals surface area contributed by atoms with Crippen LogP contribution in [0.25, 0.3) is 10.9 Å². The van der Waals surface area contributed by atoms with Crippen molar-refractivity contribution in [1.82, 2.24) is 57.7 Å². The maximum atomic E-state index is 15.0. The number of benzene rings is 2. The van der Waals surface area contributed by atoms with Crippen molar-refractivity contribution >= 4 is 75.9 Å². The van der Waals surface area contributed by atoms with E-state index in [1.165, 1.54) is 77.0 Å². The van der Waals surface area contributed by atoms with E-state index in [0.29, 0.717) is 43.4 Å². The van der Waals surface area contributed by atoms with Gasteiger partial charge in [-0.05, 0) is 68.6 Å². The monoisotopic (exact) mass is 1380 g/mol. The van der Waals surface area contributed by atoms with Crippen LogP contribution in [0.2, 0.25) is 0 Å². The van der Waals surface area contributed by atoms with Crippen LogP contribution >= 0.6 is 0 Å². The van der Waals surface area contributed by atoms with Crippen LogP contribution in [0.5, 0.6) is 0 Å². The number of unbranched alkanes of at least 4 members (excludes halogenated alkanes) is 15. The van der Waals surface area contributed by atoms with Gasteiger partial charge in [-0.25, -0.2) is 0 Å². The summed E-state index contributed by atoms with van der Waals surface area (Å²) in [5, 5.41) is 44.5. The predicted octanol–water partition coefficient (Wildman–Crippen LogP) is 4.25. The standard InChI is InChI=1S/C72H114N14O13/c1-3-5-7-8-9-10-11-12-13-14-15-16-17-18-22-35-62(88)77-40-41-98-42-43-99-49-64(90)80-56(31-6-4-2)66(92)83-58-36-37-63(89)76-38-26-25-33-55(65(73)91)81-69(95)60(45-51-47-79-54-32-24-23-30-53(51)54)84-67(93)57(34-27-39-78-72(74)75)82-68(94)59(44-50-28-20-19-21-29-50)85-70(96)61-46-52(87)48-86(61)71(58)97/h19-21,23-24,28-30,32,47,52,55-61,79,87H,3-18,22,25-27,31,33-46,48-49H2,1-2H3,(H2,73,91)(H,76,89)(H,77,88)(H,80,90)(H,81,95)(H,82,94)(H,83,92)(H,84,93)(H,85,96)(H4,74,75,78)/t52-,55+,56+,57+,58+,59-,60+,61?/m1/s1. The number of para-hydroxylation sites is 1. The van der Waals surface area contributed by atoms with E-state index in [1.54, 1.807) is 36.5 Å². The van der Waals surface area contributed by atoms with Crippen molar-refractivity contribution in [3.05, 3.63) is 71.9 Å². The summed E-state index contributed by atoms with van der Waals surface area (Å²) in [6, 6.07) is 6.58. The molecule has 3 heterocycles. The largest absolute Gasteiger partial charge is 0.391 e. The van der Waals surface area contributed by atoms with Crippen LogP contribution in [-0.2, 0) is 70.3 Å². The van der Waals surface area contributed by atoms with Crippen LogP contribution < -0.4 is 59.3 Å². The number of nitrogens with zero attached hydrogens (tertiary/aromatic N) is 1. The third kappa shape index (κ3) is 31.7. The fourth-order valence-electron chi connectivity index (χ4n) is 12.4. The first kappa shape index (κ1) is 81.5. The molecule has 2 aliphatic heterocycles. The van der Waals surface area contributed by atoms with Crippen LogP contribution in [0.1, 0.15) is 198 Å². The van der Waals surface area contributed by atoms with Crippen LogP contribution in [0.15, 0.2) is 60.8 Å². The van der Waals surface area contributed by atoms with Gasteiger partial charge in [-0.2, -0.15) is 0 Å². The number of nitrogens with one attached hydrogen (secondary N) is 11. The van der Waals surface area contributed by atoms with Gasteiger partial charge in [0.2, 0.25) is 59.1 Å². The van der Waals surface area contributed by atoms with E-state index in [9.17, 15) is 53.1 Å². The summed E-state index contributed by atoms with van der Waals surface area (Å²) >= 11 is 0. The molecule has 2 aliphatic rings. The molecule has 5 rings (SSSR count). The number of rotatable bonds is 39. The third-order valence-corrected chi connectivity index (χ3v) is 18.0. The van der Waals surface area contributed by atoms with Gasteiger partial charge in [0.15, 0.2) is 5.96 Å². The number of guanidine groups is 1. The molecule has 16 N–H and O–H groups in total. The Kier molecular flexibility index (Phi) is 38.7. The molecule has 1 aromatic heterocycles. The molecule has 0 aliphatic carbocycles. The molecule has 27 nitrogen and oxygen atoms in total. The van der Waals surface area contributed by atoms with Crippen molar-refractivity contribution in [3.63, 3.8) is 0 Å². The number of aromatic nitrogens is 1. The maximum absolute atomic E-state index is 15.0. The van der Waals surface area contributed by atoms with Crippen molar-refractivity contribution in [2.24, 2.45) is 11.5 Å². The van der Waals surface area contributed by atoms with E-state index in [-0.39, 0.29) is 116 Å². The van der Waals surface area contributed by atoms with E-state index in [2.05, 4.69) is 59.8 Å². The second-order valence-electron chi connectivity index (χ2n) is 26.2. The first-order valence-corrected chi connectivity index (χ1v) is 36.3. The van der Waals surface area contributed by atoms with Gasteiger partial charge in [-0.1, -0.05) is 165 Å². The van der Waals surface area contributed by atoms with E-state index in [4.69, 9.17) is 26.4 Å². The zero-order valence-corrected chi connectivity index (χ0v) is 58.5. The number of hydrogen-bond acceptors (Lipinski definition) is 14. The lowest BCUT2D eigenvalue weighted by atomic mass is 10.0. The van der Waals surface area contributed by atoms with Crippen LogP contribution in [0.3, 0.4) is 0 Å². The number of carbonyl (C=O) groups excluding carboxylic acids is 10. The van der Waals surface area contributed by atoms with Crippen LogP contribution in [-0.4, -0.2) is 181 Å². The molecule has 2 aromatic carbocycles. The highest BCUT2D eigenvalue weighted by molar-refractivity contribution is 5.98. The summed E-state index contributed by atoms with van der Waals surface area (Å²) in [6.45, 7) is 4.30. The number of carbonyl (C=O) groups is 10. The molecule has 8 atom stereocenters. The number of nitrogens with two attached hydrogens (primary N) is 2. The molecule has 99 heavy (non-hydrogen) atoms. The molecule has 3 aromatic rings. The average molecular weight is 1380 g/mol. The van der Waals surface area contributed by atoms with Crippen LogP contribution in [0.4, 0.5) is 0 Å². The Hall–Kier alpha value is -8.17. The molecule has 2 fully saturated rings. The Balaban J connectivity index is 1.24. The summed E-state index contributed by atoms with van der Waals surface area (Å²) in [5.41, 5.74) is 13.4. The third-order valence-electron chi connectivity index (χ3n) is 18.0. The molecule has 27 heteroatoms. The number of H-pyrrole nitrogens is 1. The summed E-state index contributed by atoms with van der Waals surface area (Å²) in [7, 11) is 0. The summed E-state index contributed by atoms with van der Waals surface area (Å²) < 4.78 is 11.2. The number of aromatic amines is 1. The summed E-state index contributed by atoms with van der Waals surface area (Å²) in [4.78, 5) is 145. The Morgan fingerprint density at radius 1 is 0.657 bits per heavy atom. The fraction of sp³-hybridized carbons (Fsp3) is 0.653. The first-order chi connectivity index (χ1) is 47.9. The lowest BCUT2D eigenvalue weighted by molar-refractivity contribution is -0.143. The average Bonchev–Trinajstić information content (AvgIpc) is 1.72. The fourth-order valence-corrected chi connectivity index (χ4v) is 12.4. The van der Waals surface area contributed by atoms with E-state index in [1.807, 2.05) is 31.2 Å². The number of aliphatic hydroxyl groups is 1. The van der Waals surface area contributed by atoms with Crippen molar-refractivity contribution < 1.29 is 62.5 Å². The molecule has 550 valence electrons. The Bertz CT molecular complexity index is 2990. The number of primary amides is 1. The minimum atomic E-state index is -1.48. The smallest absolute Gasteiger partial charge is 0.246 e. The van der Waals surface area contributed by atoms with Gasteiger partial charge in [0, 0.05) is 75.4 Å². The molecule has 0 saturated carbocycles. The molecule has 0 radical (unpaired) electrons. The highest BCUT2D eigenvalue weighted by Gasteiger charge is 2.43. The van der Waals surface area contributed by atoms with Gasteiger partial charge in [0.1, 0.15) is 48.9 Å². The molecule has 10 amide bonds. The normalized spacial score (nSPS) is 20.4. The summed E-state index contributed by atoms with van der Waals surface area (Å²) in [5.74, 6) is -7.19. The second kappa shape index (κ2) is 47.0. The van der Waals surface area contributed by atoms with Gasteiger partial charge in [-0.3, -0.25) is 53.4 Å². The van der Waals surface area contributed by atoms with Gasteiger partial charge in [-0.15, -0.1) is 0 Å². The van der Waals surface area contributed by atoms with Gasteiger partial charge >= 0.3 is 0 Å². The second-order valence-corrected chi connectivity index (χ2v) is 26.2. The molecular weight excluding hydrogens is 1270 g/mol. The zero-order valence-electron chi connectivity index (χ0n) is 58.5. The molecule has 0 bridgehead atoms. The predicted molar refractivity (Wildman–Crippen MR) is 378 cm³/mol. The minimum absolute atomic E-state index is 0.0254. The van der Waals surface area contributed by atoms with Crippen molar-refractivity contribution in [1.29, 1.82) is 5.41 Å². The quantitative estimate of drug-likeness (QED) is 0.0216. The van der Waals surface area contributed by atoms with Gasteiger partial charge in [0.25, 0.3) is 0 Å². The van der Waals surface area contributed by atoms with Crippen molar-refractivity contribution in [3.8, 4) is 0 Å².